The molecule has 0 aromatic heterocycles. The summed E-state index contributed by atoms with van der Waals surface area (Å²) < 4.78 is 32.8. The molecule has 0 spiro atoms. The molecule has 3 aromatic rings. The molecular weight excluding hydrogens is 436 g/mol. The first-order valence-corrected chi connectivity index (χ1v) is 11.4. The molecule has 0 fully saturated rings. The summed E-state index contributed by atoms with van der Waals surface area (Å²) in [6.45, 7) is -0.0115. The van der Waals surface area contributed by atoms with Gasteiger partial charge in [0.25, 0.3) is 0 Å². The second kappa shape index (κ2) is 10.4. The first kappa shape index (κ1) is 22.8. The van der Waals surface area contributed by atoms with Crippen molar-refractivity contribution in [3.63, 3.8) is 0 Å². The number of rotatable bonds is 9. The first-order chi connectivity index (χ1) is 14.9. The van der Waals surface area contributed by atoms with Gasteiger partial charge in [0.1, 0.15) is 5.75 Å². The van der Waals surface area contributed by atoms with E-state index in [9.17, 15) is 13.2 Å². The average Bonchev–Trinajstić information content (AvgIpc) is 2.78. The van der Waals surface area contributed by atoms with Gasteiger partial charge in [-0.05, 0) is 41.5 Å². The maximum absolute atomic E-state index is 13.3. The molecule has 3 rings (SSSR count). The Hall–Kier alpha value is -2.87. The minimum absolute atomic E-state index is 0.0385. The van der Waals surface area contributed by atoms with Gasteiger partial charge in [0.15, 0.2) is 0 Å². The Bertz CT molecular complexity index is 1140. The Morgan fingerprint density at radius 1 is 0.968 bits per heavy atom. The van der Waals surface area contributed by atoms with Crippen LogP contribution in [0.2, 0.25) is 5.02 Å². The van der Waals surface area contributed by atoms with E-state index in [-0.39, 0.29) is 24.5 Å². The second-order valence-electron chi connectivity index (χ2n) is 6.84. The van der Waals surface area contributed by atoms with Crippen LogP contribution >= 0.6 is 11.6 Å². The van der Waals surface area contributed by atoms with Crippen LogP contribution in [0.1, 0.15) is 11.1 Å². The molecule has 6 nitrogen and oxygen atoms in total. The molecule has 0 unspecified atom stereocenters. The Morgan fingerprint density at radius 3 is 2.39 bits per heavy atom. The zero-order valence-electron chi connectivity index (χ0n) is 17.0. The predicted octanol–water partition coefficient (Wildman–Crippen LogP) is 3.86. The summed E-state index contributed by atoms with van der Waals surface area (Å²) in [5, 5.41) is 3.08. The number of sulfonamides is 1. The molecular formula is C23H23ClN2O4S. The van der Waals surface area contributed by atoms with Crippen LogP contribution in [0, 0.1) is 0 Å². The maximum Gasteiger partial charge on any atom is 0.243 e. The lowest BCUT2D eigenvalue weighted by molar-refractivity contribution is -0.121. The van der Waals surface area contributed by atoms with Gasteiger partial charge >= 0.3 is 0 Å². The number of ether oxygens (including phenoxy) is 1. The van der Waals surface area contributed by atoms with Crippen molar-refractivity contribution in [3.05, 3.63) is 95.0 Å². The molecule has 0 aliphatic carbocycles. The van der Waals surface area contributed by atoms with Gasteiger partial charge in [0.05, 0.1) is 18.6 Å². The van der Waals surface area contributed by atoms with Gasteiger partial charge in [-0.15, -0.1) is 0 Å². The molecule has 0 heterocycles. The van der Waals surface area contributed by atoms with E-state index in [1.807, 2.05) is 54.6 Å². The first-order valence-electron chi connectivity index (χ1n) is 9.58. The SMILES string of the molecule is COc1cccc(CNC(=O)CN(Cc2ccccc2)S(=O)(=O)c2cccc(Cl)c2)c1. The molecule has 0 atom stereocenters. The molecule has 0 bridgehead atoms. The number of carbonyl (C=O) groups excluding carboxylic acids is 1. The molecule has 0 saturated carbocycles. The van der Waals surface area contributed by atoms with Gasteiger partial charge < -0.3 is 10.1 Å². The summed E-state index contributed by atoms with van der Waals surface area (Å²) in [5.74, 6) is 0.269. The minimum Gasteiger partial charge on any atom is -0.497 e. The van der Waals surface area contributed by atoms with Gasteiger partial charge in [-0.2, -0.15) is 4.31 Å². The van der Waals surface area contributed by atoms with Crippen LogP contribution in [0.25, 0.3) is 0 Å². The lowest BCUT2D eigenvalue weighted by atomic mass is 10.2. The van der Waals surface area contributed by atoms with Crippen molar-refractivity contribution in [2.24, 2.45) is 0 Å². The Morgan fingerprint density at radius 2 is 1.68 bits per heavy atom. The topological polar surface area (TPSA) is 75.7 Å². The summed E-state index contributed by atoms with van der Waals surface area (Å²) >= 11 is 5.99. The monoisotopic (exact) mass is 458 g/mol. The molecule has 1 N–H and O–H groups in total. The highest BCUT2D eigenvalue weighted by Crippen LogP contribution is 2.21. The van der Waals surface area contributed by atoms with E-state index >= 15 is 0 Å². The third-order valence-electron chi connectivity index (χ3n) is 4.58. The normalized spacial score (nSPS) is 11.3. The van der Waals surface area contributed by atoms with E-state index in [4.69, 9.17) is 16.3 Å². The zero-order chi connectivity index (χ0) is 22.3. The molecule has 8 heteroatoms. The van der Waals surface area contributed by atoms with E-state index in [2.05, 4.69) is 5.32 Å². The van der Waals surface area contributed by atoms with Gasteiger partial charge in [0.2, 0.25) is 15.9 Å². The van der Waals surface area contributed by atoms with Crippen molar-refractivity contribution in [1.82, 2.24) is 9.62 Å². The Kier molecular flexibility index (Phi) is 7.68. The van der Waals surface area contributed by atoms with Gasteiger partial charge in [-0.25, -0.2) is 8.42 Å². The van der Waals surface area contributed by atoms with Crippen LogP contribution in [0.4, 0.5) is 0 Å². The van der Waals surface area contributed by atoms with E-state index in [1.165, 1.54) is 12.1 Å². The number of benzene rings is 3. The maximum atomic E-state index is 13.3. The molecule has 31 heavy (non-hydrogen) atoms. The minimum atomic E-state index is -3.94. The van der Waals surface area contributed by atoms with Gasteiger partial charge in [-0.1, -0.05) is 60.1 Å². The number of methoxy groups -OCH3 is 1. The van der Waals surface area contributed by atoms with Crippen LogP contribution in [0.3, 0.4) is 0 Å². The van der Waals surface area contributed by atoms with Crippen molar-refractivity contribution < 1.29 is 17.9 Å². The fourth-order valence-corrected chi connectivity index (χ4v) is 4.67. The van der Waals surface area contributed by atoms with Crippen LogP contribution < -0.4 is 10.1 Å². The smallest absolute Gasteiger partial charge is 0.243 e. The standard InChI is InChI=1S/C23H23ClN2O4S/c1-30-21-11-5-9-19(13-21)15-25-23(27)17-26(16-18-7-3-2-4-8-18)31(28,29)22-12-6-10-20(24)14-22/h2-14H,15-17H2,1H3,(H,25,27). The molecule has 0 aliphatic heterocycles. The summed E-state index contributed by atoms with van der Waals surface area (Å²) in [4.78, 5) is 12.7. The summed E-state index contributed by atoms with van der Waals surface area (Å²) in [6, 6.07) is 22.4. The third-order valence-corrected chi connectivity index (χ3v) is 6.60. The molecule has 0 radical (unpaired) electrons. The number of hydrogen-bond acceptors (Lipinski definition) is 4. The van der Waals surface area contributed by atoms with Crippen molar-refractivity contribution in [3.8, 4) is 5.75 Å². The Labute approximate surface area is 187 Å². The largest absolute Gasteiger partial charge is 0.497 e. The fourth-order valence-electron chi connectivity index (χ4n) is 2.99. The number of nitrogens with one attached hydrogen (secondary N) is 1. The van der Waals surface area contributed by atoms with Crippen molar-refractivity contribution in [2.45, 2.75) is 18.0 Å². The summed E-state index contributed by atoms with van der Waals surface area (Å²) in [5.41, 5.74) is 1.62. The zero-order valence-corrected chi connectivity index (χ0v) is 18.6. The lowest BCUT2D eigenvalue weighted by Gasteiger charge is -2.22. The van der Waals surface area contributed by atoms with E-state index < -0.39 is 15.9 Å². The number of nitrogens with zero attached hydrogens (tertiary/aromatic N) is 1. The number of halogens is 1. The van der Waals surface area contributed by atoms with Crippen molar-refractivity contribution in [2.75, 3.05) is 13.7 Å². The molecule has 1 amide bonds. The van der Waals surface area contributed by atoms with Crippen LogP contribution in [-0.4, -0.2) is 32.3 Å². The average molecular weight is 459 g/mol. The van der Waals surface area contributed by atoms with E-state index in [1.54, 1.807) is 19.2 Å². The van der Waals surface area contributed by atoms with Crippen LogP contribution in [0.15, 0.2) is 83.8 Å². The van der Waals surface area contributed by atoms with Gasteiger partial charge in [0, 0.05) is 18.1 Å². The van der Waals surface area contributed by atoms with E-state index in [0.717, 1.165) is 15.4 Å². The second-order valence-corrected chi connectivity index (χ2v) is 9.22. The van der Waals surface area contributed by atoms with Gasteiger partial charge in [-0.3, -0.25) is 4.79 Å². The van der Waals surface area contributed by atoms with Crippen LogP contribution in [0.5, 0.6) is 5.75 Å². The summed E-state index contributed by atoms with van der Waals surface area (Å²) in [7, 11) is -2.37. The highest BCUT2D eigenvalue weighted by atomic mass is 35.5. The lowest BCUT2D eigenvalue weighted by Crippen LogP contribution is -2.40. The number of carbonyl (C=O) groups is 1. The Balaban J connectivity index is 1.78. The predicted molar refractivity (Wildman–Crippen MR) is 120 cm³/mol. The highest BCUT2D eigenvalue weighted by molar-refractivity contribution is 7.89. The fraction of sp³-hybridized carbons (Fsp3) is 0.174. The van der Waals surface area contributed by atoms with Crippen molar-refractivity contribution >= 4 is 27.5 Å². The third kappa shape index (κ3) is 6.30. The van der Waals surface area contributed by atoms with E-state index in [0.29, 0.717) is 10.8 Å². The van der Waals surface area contributed by atoms with Crippen molar-refractivity contribution in [1.29, 1.82) is 0 Å². The summed E-state index contributed by atoms with van der Waals surface area (Å²) in [6.07, 6.45) is 0. The highest BCUT2D eigenvalue weighted by Gasteiger charge is 2.27. The molecule has 3 aromatic carbocycles. The van der Waals surface area contributed by atoms with Crippen LogP contribution in [-0.2, 0) is 27.9 Å². The molecule has 0 saturated heterocycles. The quantitative estimate of drug-likeness (QED) is 0.528. The molecule has 162 valence electrons. The number of hydrogen-bond donors (Lipinski definition) is 1. The molecule has 0 aliphatic rings. The number of amides is 1.